The summed E-state index contributed by atoms with van der Waals surface area (Å²) in [5, 5.41) is 0. The van der Waals surface area contributed by atoms with Gasteiger partial charge in [0.2, 0.25) is 0 Å². The first-order valence-electron chi connectivity index (χ1n) is 7.39. The standard InChI is InChI=1S/C18H13F3O4/c19-18(20,21)25-14-5-3-13(4-6-14)15(22)7-1-12-2-8-16-17(11-12)24-10-9-23-16/h1-8,11H,9-10H2/b7-1+. The first-order valence-corrected chi connectivity index (χ1v) is 7.39. The van der Waals surface area contributed by atoms with E-state index in [1.165, 1.54) is 18.2 Å². The number of alkyl halides is 3. The Hall–Kier alpha value is -2.96. The first-order chi connectivity index (χ1) is 11.9. The highest BCUT2D eigenvalue weighted by molar-refractivity contribution is 6.06. The third-order valence-corrected chi connectivity index (χ3v) is 3.37. The molecule has 25 heavy (non-hydrogen) atoms. The van der Waals surface area contributed by atoms with E-state index in [2.05, 4.69) is 4.74 Å². The normalized spacial score (nSPS) is 13.7. The number of ketones is 1. The maximum atomic E-state index is 12.1. The molecule has 7 heteroatoms. The molecule has 0 aliphatic carbocycles. The van der Waals surface area contributed by atoms with Crippen LogP contribution in [0, 0.1) is 0 Å². The fourth-order valence-corrected chi connectivity index (χ4v) is 2.25. The minimum atomic E-state index is -4.76. The second kappa shape index (κ2) is 6.88. The number of carbonyl (C=O) groups excluding carboxylic acids is 1. The largest absolute Gasteiger partial charge is 0.573 e. The summed E-state index contributed by atoms with van der Waals surface area (Å²) in [5.74, 6) is 0.540. The summed E-state index contributed by atoms with van der Waals surface area (Å²) >= 11 is 0. The lowest BCUT2D eigenvalue weighted by Crippen LogP contribution is -2.17. The Morgan fingerprint density at radius 2 is 1.68 bits per heavy atom. The summed E-state index contributed by atoms with van der Waals surface area (Å²) in [6.07, 6.45) is -1.82. The zero-order valence-electron chi connectivity index (χ0n) is 12.9. The number of halogens is 3. The zero-order chi connectivity index (χ0) is 17.9. The van der Waals surface area contributed by atoms with Gasteiger partial charge in [-0.1, -0.05) is 12.1 Å². The number of hydrogen-bond donors (Lipinski definition) is 0. The number of rotatable bonds is 4. The van der Waals surface area contributed by atoms with Crippen LogP contribution in [-0.2, 0) is 0 Å². The van der Waals surface area contributed by atoms with Crippen molar-refractivity contribution in [3.05, 3.63) is 59.7 Å². The third-order valence-electron chi connectivity index (χ3n) is 3.37. The maximum absolute atomic E-state index is 12.1. The molecule has 0 aromatic heterocycles. The Kier molecular flexibility index (Phi) is 4.65. The Bertz CT molecular complexity index is 795. The molecule has 0 radical (unpaired) electrons. The van der Waals surface area contributed by atoms with E-state index >= 15 is 0 Å². The molecule has 2 aromatic rings. The van der Waals surface area contributed by atoms with Crippen LogP contribution in [0.3, 0.4) is 0 Å². The van der Waals surface area contributed by atoms with Gasteiger partial charge in [0.05, 0.1) is 0 Å². The lowest BCUT2D eigenvalue weighted by Gasteiger charge is -2.18. The van der Waals surface area contributed by atoms with Crippen molar-refractivity contribution in [2.75, 3.05) is 13.2 Å². The van der Waals surface area contributed by atoms with Gasteiger partial charge >= 0.3 is 6.36 Å². The average Bonchev–Trinajstić information content (AvgIpc) is 2.59. The van der Waals surface area contributed by atoms with Gasteiger partial charge in [-0.25, -0.2) is 0 Å². The number of ether oxygens (including phenoxy) is 3. The fourth-order valence-electron chi connectivity index (χ4n) is 2.25. The topological polar surface area (TPSA) is 44.8 Å². The van der Waals surface area contributed by atoms with Crippen LogP contribution in [-0.4, -0.2) is 25.4 Å². The van der Waals surface area contributed by atoms with Gasteiger partial charge < -0.3 is 14.2 Å². The van der Waals surface area contributed by atoms with Crippen molar-refractivity contribution in [1.82, 2.24) is 0 Å². The molecule has 0 unspecified atom stereocenters. The van der Waals surface area contributed by atoms with Gasteiger partial charge in [0.1, 0.15) is 19.0 Å². The molecule has 1 aliphatic rings. The highest BCUT2D eigenvalue weighted by atomic mass is 19.4. The minimum absolute atomic E-state index is 0.253. The summed E-state index contributed by atoms with van der Waals surface area (Å²) in [4.78, 5) is 12.1. The van der Waals surface area contributed by atoms with E-state index in [-0.39, 0.29) is 17.1 Å². The zero-order valence-corrected chi connectivity index (χ0v) is 12.9. The van der Waals surface area contributed by atoms with Gasteiger partial charge in [-0.15, -0.1) is 13.2 Å². The van der Waals surface area contributed by atoms with Crippen molar-refractivity contribution >= 4 is 11.9 Å². The van der Waals surface area contributed by atoms with Crippen molar-refractivity contribution in [3.8, 4) is 17.2 Å². The van der Waals surface area contributed by atoms with E-state index in [9.17, 15) is 18.0 Å². The monoisotopic (exact) mass is 350 g/mol. The molecule has 0 amide bonds. The second-order valence-electron chi connectivity index (χ2n) is 5.17. The van der Waals surface area contributed by atoms with Crippen molar-refractivity contribution in [3.63, 3.8) is 0 Å². The molecule has 1 heterocycles. The molecular formula is C18H13F3O4. The molecule has 1 aliphatic heterocycles. The number of carbonyl (C=O) groups is 1. The number of hydrogen-bond acceptors (Lipinski definition) is 4. The van der Waals surface area contributed by atoms with E-state index in [0.717, 1.165) is 17.7 Å². The van der Waals surface area contributed by atoms with Crippen molar-refractivity contribution in [1.29, 1.82) is 0 Å². The Morgan fingerprint density at radius 3 is 2.36 bits per heavy atom. The van der Waals surface area contributed by atoms with Crippen molar-refractivity contribution in [2.24, 2.45) is 0 Å². The lowest BCUT2D eigenvalue weighted by atomic mass is 10.1. The smallest absolute Gasteiger partial charge is 0.486 e. The molecule has 0 fully saturated rings. The molecule has 130 valence electrons. The predicted octanol–water partition coefficient (Wildman–Crippen LogP) is 4.25. The minimum Gasteiger partial charge on any atom is -0.486 e. The van der Waals surface area contributed by atoms with Crippen LogP contribution in [0.15, 0.2) is 48.5 Å². The van der Waals surface area contributed by atoms with Crippen LogP contribution in [0.5, 0.6) is 17.2 Å². The van der Waals surface area contributed by atoms with Crippen LogP contribution < -0.4 is 14.2 Å². The Morgan fingerprint density at radius 1 is 1.00 bits per heavy atom. The van der Waals surface area contributed by atoms with E-state index in [4.69, 9.17) is 9.47 Å². The van der Waals surface area contributed by atoms with Gasteiger partial charge in [-0.2, -0.15) is 0 Å². The molecule has 3 rings (SSSR count). The van der Waals surface area contributed by atoms with E-state index < -0.39 is 6.36 Å². The van der Waals surface area contributed by atoms with Crippen molar-refractivity contribution < 1.29 is 32.2 Å². The molecule has 0 atom stereocenters. The molecule has 0 saturated heterocycles. The molecule has 0 saturated carbocycles. The SMILES string of the molecule is O=C(/C=C/c1ccc2c(c1)OCCO2)c1ccc(OC(F)(F)F)cc1. The molecule has 0 bridgehead atoms. The highest BCUT2D eigenvalue weighted by Crippen LogP contribution is 2.31. The van der Waals surface area contributed by atoms with E-state index in [1.54, 1.807) is 24.3 Å². The highest BCUT2D eigenvalue weighted by Gasteiger charge is 2.31. The third kappa shape index (κ3) is 4.53. The van der Waals surface area contributed by atoms with Gasteiger partial charge in [0.15, 0.2) is 17.3 Å². The van der Waals surface area contributed by atoms with Crippen molar-refractivity contribution in [2.45, 2.75) is 6.36 Å². The van der Waals surface area contributed by atoms with E-state index in [1.807, 2.05) is 0 Å². The molecular weight excluding hydrogens is 337 g/mol. The van der Waals surface area contributed by atoms with Crippen LogP contribution in [0.4, 0.5) is 13.2 Å². The van der Waals surface area contributed by atoms with Crippen LogP contribution >= 0.6 is 0 Å². The van der Waals surface area contributed by atoms with Gasteiger partial charge in [-0.3, -0.25) is 4.79 Å². The molecule has 2 aromatic carbocycles. The lowest BCUT2D eigenvalue weighted by molar-refractivity contribution is -0.274. The van der Waals surface area contributed by atoms with Crippen LogP contribution in [0.2, 0.25) is 0 Å². The fraction of sp³-hybridized carbons (Fsp3) is 0.167. The molecule has 0 N–H and O–H groups in total. The van der Waals surface area contributed by atoms with Gasteiger partial charge in [0, 0.05) is 5.56 Å². The first kappa shape index (κ1) is 16.9. The van der Waals surface area contributed by atoms with Crippen LogP contribution in [0.1, 0.15) is 15.9 Å². The Balaban J connectivity index is 1.68. The molecule has 4 nitrogen and oxygen atoms in total. The van der Waals surface area contributed by atoms with Gasteiger partial charge in [0.25, 0.3) is 0 Å². The second-order valence-corrected chi connectivity index (χ2v) is 5.17. The molecule has 0 spiro atoms. The summed E-state index contributed by atoms with van der Waals surface area (Å²) < 4.78 is 51.0. The van der Waals surface area contributed by atoms with E-state index in [0.29, 0.717) is 24.7 Å². The average molecular weight is 350 g/mol. The number of allylic oxidation sites excluding steroid dienone is 1. The van der Waals surface area contributed by atoms with Gasteiger partial charge in [-0.05, 0) is 48.0 Å². The summed E-state index contributed by atoms with van der Waals surface area (Å²) in [6.45, 7) is 0.958. The summed E-state index contributed by atoms with van der Waals surface area (Å²) in [5.41, 5.74) is 0.998. The number of fused-ring (bicyclic) bond motifs is 1. The quantitative estimate of drug-likeness (QED) is 0.611. The summed E-state index contributed by atoms with van der Waals surface area (Å²) in [6, 6.07) is 10.0. The summed E-state index contributed by atoms with van der Waals surface area (Å²) in [7, 11) is 0. The number of benzene rings is 2. The van der Waals surface area contributed by atoms with Crippen LogP contribution in [0.25, 0.3) is 6.08 Å². The Labute approximate surface area is 141 Å². The predicted molar refractivity (Wildman–Crippen MR) is 83.9 cm³/mol. The maximum Gasteiger partial charge on any atom is 0.573 e.